The van der Waals surface area contributed by atoms with Gasteiger partial charge in [0.15, 0.2) is 0 Å². The van der Waals surface area contributed by atoms with Gasteiger partial charge in [0, 0.05) is 5.02 Å². The van der Waals surface area contributed by atoms with Crippen molar-refractivity contribution in [1.82, 2.24) is 10.2 Å². The molecule has 1 heterocycles. The van der Waals surface area contributed by atoms with Crippen molar-refractivity contribution in [2.45, 2.75) is 6.54 Å². The average molecular weight is 257 g/mol. The van der Waals surface area contributed by atoms with Crippen molar-refractivity contribution in [3.63, 3.8) is 0 Å². The van der Waals surface area contributed by atoms with E-state index in [4.69, 9.17) is 11.6 Å². The number of imide groups is 1. The highest BCUT2D eigenvalue weighted by Crippen LogP contribution is 2.19. The normalized spacial score (nSPS) is 16.5. The third-order valence-electron chi connectivity index (χ3n) is 2.49. The van der Waals surface area contributed by atoms with Crippen LogP contribution in [-0.4, -0.2) is 29.8 Å². The van der Waals surface area contributed by atoms with E-state index in [0.717, 1.165) is 4.90 Å². The Kier molecular flexibility index (Phi) is 3.40. The molecule has 0 saturated carbocycles. The first-order chi connectivity index (χ1) is 8.08. The summed E-state index contributed by atoms with van der Waals surface area (Å²) >= 11 is 5.88. The molecule has 1 aliphatic heterocycles. The van der Waals surface area contributed by atoms with Gasteiger partial charge in [0.1, 0.15) is 5.82 Å². The van der Waals surface area contributed by atoms with Crippen molar-refractivity contribution in [2.75, 3.05) is 13.1 Å². The lowest BCUT2D eigenvalue weighted by molar-refractivity contribution is -0.147. The van der Waals surface area contributed by atoms with Crippen molar-refractivity contribution in [2.24, 2.45) is 0 Å². The number of nitrogens with zero attached hydrogens (tertiary/aromatic N) is 1. The molecule has 17 heavy (non-hydrogen) atoms. The van der Waals surface area contributed by atoms with E-state index in [-0.39, 0.29) is 31.4 Å². The summed E-state index contributed by atoms with van der Waals surface area (Å²) in [6.45, 7) is 0.229. The maximum absolute atomic E-state index is 13.0. The molecule has 4 nitrogen and oxygen atoms in total. The maximum atomic E-state index is 13.0. The monoisotopic (exact) mass is 256 g/mol. The van der Waals surface area contributed by atoms with Gasteiger partial charge in [0.25, 0.3) is 0 Å². The van der Waals surface area contributed by atoms with Crippen LogP contribution in [0.4, 0.5) is 4.39 Å². The maximum Gasteiger partial charge on any atom is 0.243 e. The van der Waals surface area contributed by atoms with Crippen LogP contribution in [-0.2, 0) is 16.1 Å². The lowest BCUT2D eigenvalue weighted by Crippen LogP contribution is -2.51. The Labute approximate surface area is 102 Å². The number of carbonyl (C=O) groups excluding carboxylic acids is 2. The van der Waals surface area contributed by atoms with Gasteiger partial charge in [-0.3, -0.25) is 19.8 Å². The van der Waals surface area contributed by atoms with Crippen LogP contribution >= 0.6 is 11.6 Å². The van der Waals surface area contributed by atoms with E-state index >= 15 is 0 Å². The van der Waals surface area contributed by atoms with Crippen molar-refractivity contribution in [3.8, 4) is 0 Å². The highest BCUT2D eigenvalue weighted by Gasteiger charge is 2.26. The molecule has 0 unspecified atom stereocenters. The molecule has 1 N–H and O–H groups in total. The largest absolute Gasteiger partial charge is 0.300 e. The summed E-state index contributed by atoms with van der Waals surface area (Å²) in [6.07, 6.45) is 0. The van der Waals surface area contributed by atoms with Crippen molar-refractivity contribution in [3.05, 3.63) is 34.6 Å². The smallest absolute Gasteiger partial charge is 0.243 e. The predicted octanol–water partition coefficient (Wildman–Crippen LogP) is 0.938. The number of piperazine rings is 1. The van der Waals surface area contributed by atoms with Crippen LogP contribution in [0.3, 0.4) is 0 Å². The highest BCUT2D eigenvalue weighted by molar-refractivity contribution is 6.31. The number of hydrogen-bond acceptors (Lipinski definition) is 3. The summed E-state index contributed by atoms with van der Waals surface area (Å²) in [6, 6.07) is 3.86. The Morgan fingerprint density at radius 1 is 1.29 bits per heavy atom. The first kappa shape index (κ1) is 12.0. The van der Waals surface area contributed by atoms with Crippen LogP contribution in [0.5, 0.6) is 0 Å². The number of nitrogens with one attached hydrogen (secondary N) is 1. The van der Waals surface area contributed by atoms with E-state index in [1.165, 1.54) is 18.2 Å². The van der Waals surface area contributed by atoms with E-state index in [2.05, 4.69) is 5.32 Å². The number of benzene rings is 1. The molecule has 0 spiro atoms. The minimum atomic E-state index is -0.445. The quantitative estimate of drug-likeness (QED) is 0.801. The summed E-state index contributed by atoms with van der Waals surface area (Å²) in [5, 5.41) is 3.02. The van der Waals surface area contributed by atoms with Gasteiger partial charge in [0.2, 0.25) is 11.8 Å². The number of carbonyl (C=O) groups is 2. The number of hydrogen-bond donors (Lipinski definition) is 1. The van der Waals surface area contributed by atoms with E-state index in [1.54, 1.807) is 0 Å². The van der Waals surface area contributed by atoms with Gasteiger partial charge in [-0.15, -0.1) is 0 Å². The molecule has 1 saturated heterocycles. The zero-order valence-electron chi connectivity index (χ0n) is 8.87. The third kappa shape index (κ3) is 2.62. The molecule has 0 aromatic heterocycles. The van der Waals surface area contributed by atoms with Crippen LogP contribution in [0.1, 0.15) is 5.56 Å². The first-order valence-electron chi connectivity index (χ1n) is 5.06. The zero-order chi connectivity index (χ0) is 12.4. The van der Waals surface area contributed by atoms with Crippen LogP contribution < -0.4 is 5.32 Å². The van der Waals surface area contributed by atoms with Crippen LogP contribution in [0.15, 0.2) is 18.2 Å². The summed E-state index contributed by atoms with van der Waals surface area (Å²) in [5.41, 5.74) is 0.426. The Hall–Kier alpha value is -1.46. The molecule has 1 aliphatic rings. The molecular formula is C11H10ClFN2O2. The molecule has 0 radical (unpaired) electrons. The third-order valence-corrected chi connectivity index (χ3v) is 2.86. The van der Waals surface area contributed by atoms with Gasteiger partial charge in [0.05, 0.1) is 19.6 Å². The first-order valence-corrected chi connectivity index (χ1v) is 5.43. The van der Waals surface area contributed by atoms with E-state index in [0.29, 0.717) is 10.6 Å². The van der Waals surface area contributed by atoms with Gasteiger partial charge >= 0.3 is 0 Å². The van der Waals surface area contributed by atoms with E-state index < -0.39 is 5.82 Å². The molecule has 1 aromatic rings. The second kappa shape index (κ2) is 4.81. The van der Waals surface area contributed by atoms with Gasteiger partial charge < -0.3 is 0 Å². The molecule has 0 bridgehead atoms. The fraction of sp³-hybridized carbons (Fsp3) is 0.273. The Balaban J connectivity index is 2.21. The molecule has 2 rings (SSSR count). The Morgan fingerprint density at radius 3 is 2.59 bits per heavy atom. The van der Waals surface area contributed by atoms with Crippen molar-refractivity contribution < 1.29 is 14.0 Å². The Bertz CT molecular complexity index is 463. The van der Waals surface area contributed by atoms with Gasteiger partial charge in [-0.2, -0.15) is 0 Å². The van der Waals surface area contributed by atoms with Crippen molar-refractivity contribution in [1.29, 1.82) is 0 Å². The zero-order valence-corrected chi connectivity index (χ0v) is 9.63. The second-order valence-corrected chi connectivity index (χ2v) is 4.12. The second-order valence-electron chi connectivity index (χ2n) is 3.71. The Morgan fingerprint density at radius 2 is 1.94 bits per heavy atom. The van der Waals surface area contributed by atoms with Crippen molar-refractivity contribution >= 4 is 23.4 Å². The SMILES string of the molecule is O=C1CNCC(=O)N1Cc1cc(F)ccc1Cl. The van der Waals surface area contributed by atoms with Gasteiger partial charge in [-0.05, 0) is 23.8 Å². The lowest BCUT2D eigenvalue weighted by Gasteiger charge is -2.25. The van der Waals surface area contributed by atoms with Crippen LogP contribution in [0.25, 0.3) is 0 Å². The minimum absolute atomic E-state index is 0.00986. The van der Waals surface area contributed by atoms with Crippen LogP contribution in [0, 0.1) is 5.82 Å². The molecule has 6 heteroatoms. The summed E-state index contributed by atoms with van der Waals surface area (Å²) in [4.78, 5) is 24.1. The minimum Gasteiger partial charge on any atom is -0.300 e. The van der Waals surface area contributed by atoms with E-state index in [1.807, 2.05) is 0 Å². The number of amides is 2. The number of halogens is 2. The standard InChI is InChI=1S/C11H10ClFN2O2/c12-9-2-1-8(13)3-7(9)6-15-10(16)4-14-5-11(15)17/h1-3,14H,4-6H2. The molecule has 1 aromatic carbocycles. The van der Waals surface area contributed by atoms with E-state index in [9.17, 15) is 14.0 Å². The summed E-state index contributed by atoms with van der Waals surface area (Å²) < 4.78 is 13.0. The summed E-state index contributed by atoms with van der Waals surface area (Å²) in [7, 11) is 0. The molecule has 0 aliphatic carbocycles. The fourth-order valence-corrected chi connectivity index (χ4v) is 1.79. The molecule has 90 valence electrons. The average Bonchev–Trinajstić information content (AvgIpc) is 2.28. The highest BCUT2D eigenvalue weighted by atomic mass is 35.5. The topological polar surface area (TPSA) is 49.4 Å². The summed E-state index contributed by atoms with van der Waals surface area (Å²) in [5.74, 6) is -1.11. The van der Waals surface area contributed by atoms with Gasteiger partial charge in [-0.1, -0.05) is 11.6 Å². The fourth-order valence-electron chi connectivity index (χ4n) is 1.62. The van der Waals surface area contributed by atoms with Gasteiger partial charge in [-0.25, -0.2) is 4.39 Å². The lowest BCUT2D eigenvalue weighted by atomic mass is 10.2. The number of rotatable bonds is 2. The molecule has 1 fully saturated rings. The molecular weight excluding hydrogens is 247 g/mol. The predicted molar refractivity (Wildman–Crippen MR) is 59.8 cm³/mol. The molecule has 2 amide bonds. The van der Waals surface area contributed by atoms with Crippen LogP contribution in [0.2, 0.25) is 5.02 Å². The molecule has 0 atom stereocenters.